The largest absolute Gasteiger partial charge is 0.397 e. The Kier molecular flexibility index (Phi) is 3.80. The lowest BCUT2D eigenvalue weighted by molar-refractivity contribution is -0.390. The average Bonchev–Trinajstić information content (AvgIpc) is 2.91. The number of rotatable bonds is 3. The molecule has 1 N–H and O–H groups in total. The first-order valence-electron chi connectivity index (χ1n) is 9.55. The van der Waals surface area contributed by atoms with Gasteiger partial charge in [-0.05, 0) is 62.7 Å². The SMILES string of the molecule is O=S(=O)(O)OCC1CCC2(CC1)OOC1(O2)C2CC3CC(C2)CC1C3. The highest BCUT2D eigenvalue weighted by Gasteiger charge is 2.66. The summed E-state index contributed by atoms with van der Waals surface area (Å²) < 4.78 is 41.3. The van der Waals surface area contributed by atoms with Crippen molar-refractivity contribution in [3.63, 3.8) is 0 Å². The summed E-state index contributed by atoms with van der Waals surface area (Å²) in [5.41, 5.74) is 0. The molecule has 25 heavy (non-hydrogen) atoms. The van der Waals surface area contributed by atoms with Crippen molar-refractivity contribution >= 4 is 10.4 Å². The molecule has 0 aromatic heterocycles. The topological polar surface area (TPSA) is 91.3 Å². The second kappa shape index (κ2) is 5.62. The summed E-state index contributed by atoms with van der Waals surface area (Å²) in [4.78, 5) is 11.8. The van der Waals surface area contributed by atoms with Crippen LogP contribution in [0.4, 0.5) is 0 Å². The molecule has 0 atom stereocenters. The van der Waals surface area contributed by atoms with Gasteiger partial charge in [-0.15, -0.1) is 0 Å². The van der Waals surface area contributed by atoms with Crippen molar-refractivity contribution in [2.24, 2.45) is 29.6 Å². The van der Waals surface area contributed by atoms with E-state index in [-0.39, 0.29) is 12.5 Å². The molecule has 5 saturated carbocycles. The summed E-state index contributed by atoms with van der Waals surface area (Å²) in [6, 6.07) is 0. The molecule has 0 unspecified atom stereocenters. The summed E-state index contributed by atoms with van der Waals surface area (Å²) in [6.07, 6.45) is 8.94. The second-order valence-corrected chi connectivity index (χ2v) is 9.95. The molecule has 0 aromatic rings. The van der Waals surface area contributed by atoms with E-state index in [1.807, 2.05) is 0 Å². The maximum Gasteiger partial charge on any atom is 0.397 e. The monoisotopic (exact) mass is 374 g/mol. The summed E-state index contributed by atoms with van der Waals surface area (Å²) in [5.74, 6) is 1.41. The molecule has 4 bridgehead atoms. The Morgan fingerprint density at radius 3 is 2.12 bits per heavy atom. The second-order valence-electron chi connectivity index (χ2n) is 8.86. The van der Waals surface area contributed by atoms with E-state index >= 15 is 0 Å². The smallest absolute Gasteiger partial charge is 0.312 e. The van der Waals surface area contributed by atoms with Crippen LogP contribution in [0.2, 0.25) is 0 Å². The van der Waals surface area contributed by atoms with Gasteiger partial charge in [-0.2, -0.15) is 18.2 Å². The summed E-state index contributed by atoms with van der Waals surface area (Å²) in [5, 5.41) is 0. The van der Waals surface area contributed by atoms with Gasteiger partial charge in [0, 0.05) is 24.7 Å². The third kappa shape index (κ3) is 2.85. The molecule has 1 saturated heterocycles. The van der Waals surface area contributed by atoms with Crippen LogP contribution in [0.3, 0.4) is 0 Å². The van der Waals surface area contributed by atoms with Crippen molar-refractivity contribution in [2.75, 3.05) is 6.61 Å². The predicted molar refractivity (Wildman–Crippen MR) is 85.2 cm³/mol. The van der Waals surface area contributed by atoms with Gasteiger partial charge in [0.2, 0.25) is 11.6 Å². The van der Waals surface area contributed by atoms with Crippen molar-refractivity contribution in [1.29, 1.82) is 0 Å². The number of hydrogen-bond donors (Lipinski definition) is 1. The lowest BCUT2D eigenvalue weighted by atomic mass is 9.53. The Labute approximate surface area is 148 Å². The van der Waals surface area contributed by atoms with Gasteiger partial charge in [-0.3, -0.25) is 4.55 Å². The Bertz CT molecular complexity index is 609. The van der Waals surface area contributed by atoms with Crippen molar-refractivity contribution in [1.82, 2.24) is 0 Å². The first kappa shape index (κ1) is 16.9. The first-order valence-corrected chi connectivity index (χ1v) is 10.9. The zero-order valence-electron chi connectivity index (χ0n) is 14.3. The van der Waals surface area contributed by atoms with E-state index in [2.05, 4.69) is 4.18 Å². The summed E-state index contributed by atoms with van der Waals surface area (Å²) in [6.45, 7) is 0.00945. The number of hydrogen-bond acceptors (Lipinski definition) is 6. The van der Waals surface area contributed by atoms with Crippen molar-refractivity contribution in [2.45, 2.75) is 69.4 Å². The van der Waals surface area contributed by atoms with Crippen LogP contribution in [0.5, 0.6) is 0 Å². The van der Waals surface area contributed by atoms with Crippen LogP contribution in [-0.4, -0.2) is 31.2 Å². The third-order valence-corrected chi connectivity index (χ3v) is 7.70. The van der Waals surface area contributed by atoms with Crippen molar-refractivity contribution < 1.29 is 31.7 Å². The standard InChI is InChI=1S/C17H26O7S/c18-25(19,20)21-10-11-1-3-16(4-2-11)22-17(24-23-16)14-6-12-5-13(8-14)9-15(17)7-12/h11-15H,1-10H2,(H,18,19,20). The molecular weight excluding hydrogens is 348 g/mol. The molecule has 1 heterocycles. The summed E-state index contributed by atoms with van der Waals surface area (Å²) >= 11 is 0. The summed E-state index contributed by atoms with van der Waals surface area (Å²) in [7, 11) is -4.37. The average molecular weight is 374 g/mol. The zero-order valence-corrected chi connectivity index (χ0v) is 15.1. The molecule has 6 fully saturated rings. The minimum atomic E-state index is -4.37. The van der Waals surface area contributed by atoms with Gasteiger partial charge in [-0.1, -0.05) is 0 Å². The van der Waals surface area contributed by atoms with Crippen LogP contribution in [0.1, 0.15) is 57.8 Å². The van der Waals surface area contributed by atoms with Crippen molar-refractivity contribution in [3.05, 3.63) is 0 Å². The van der Waals surface area contributed by atoms with E-state index in [9.17, 15) is 8.42 Å². The van der Waals surface area contributed by atoms with Crippen LogP contribution in [0, 0.1) is 29.6 Å². The fourth-order valence-electron chi connectivity index (χ4n) is 6.26. The Morgan fingerprint density at radius 1 is 0.960 bits per heavy atom. The highest BCUT2D eigenvalue weighted by molar-refractivity contribution is 7.80. The highest BCUT2D eigenvalue weighted by Crippen LogP contribution is 2.63. The Morgan fingerprint density at radius 2 is 1.56 bits per heavy atom. The normalized spacial score (nSPS) is 51.6. The fraction of sp³-hybridized carbons (Fsp3) is 1.00. The lowest BCUT2D eigenvalue weighted by Gasteiger charge is -2.57. The first-order chi connectivity index (χ1) is 11.9. The van der Waals surface area contributed by atoms with Crippen LogP contribution < -0.4 is 0 Å². The molecule has 0 amide bonds. The van der Waals surface area contributed by atoms with E-state index in [4.69, 9.17) is 19.1 Å². The fourth-order valence-corrected chi connectivity index (χ4v) is 6.63. The van der Waals surface area contributed by atoms with Gasteiger partial charge in [0.05, 0.1) is 6.61 Å². The maximum absolute atomic E-state index is 10.7. The van der Waals surface area contributed by atoms with Crippen LogP contribution in [0.25, 0.3) is 0 Å². The molecule has 5 aliphatic carbocycles. The Balaban J connectivity index is 1.24. The molecule has 7 nitrogen and oxygen atoms in total. The van der Waals surface area contributed by atoms with E-state index in [0.717, 1.165) is 24.7 Å². The molecular formula is C17H26O7S. The molecule has 0 radical (unpaired) electrons. The molecule has 1 aliphatic heterocycles. The third-order valence-electron chi connectivity index (χ3n) is 7.27. The highest BCUT2D eigenvalue weighted by atomic mass is 32.3. The minimum absolute atomic E-state index is 0.00945. The molecule has 6 rings (SSSR count). The van der Waals surface area contributed by atoms with Crippen LogP contribution in [-0.2, 0) is 29.1 Å². The van der Waals surface area contributed by atoms with E-state index in [1.54, 1.807) is 0 Å². The van der Waals surface area contributed by atoms with Gasteiger partial charge < -0.3 is 4.74 Å². The van der Waals surface area contributed by atoms with Gasteiger partial charge >= 0.3 is 10.4 Å². The Hall–Kier alpha value is -0.250. The molecule has 142 valence electrons. The van der Waals surface area contributed by atoms with Crippen LogP contribution >= 0.6 is 0 Å². The zero-order chi connectivity index (χ0) is 17.3. The van der Waals surface area contributed by atoms with Crippen LogP contribution in [0.15, 0.2) is 0 Å². The van der Waals surface area contributed by atoms with E-state index in [0.29, 0.717) is 24.7 Å². The maximum atomic E-state index is 10.7. The van der Waals surface area contributed by atoms with Gasteiger partial charge in [0.25, 0.3) is 0 Å². The van der Waals surface area contributed by atoms with Gasteiger partial charge in [0.1, 0.15) is 0 Å². The lowest BCUT2D eigenvalue weighted by Crippen LogP contribution is -2.59. The molecule has 0 aromatic carbocycles. The predicted octanol–water partition coefficient (Wildman–Crippen LogP) is 2.82. The van der Waals surface area contributed by atoms with Gasteiger partial charge in [-0.25, -0.2) is 4.18 Å². The minimum Gasteiger partial charge on any atom is -0.312 e. The van der Waals surface area contributed by atoms with E-state index in [1.165, 1.54) is 32.1 Å². The van der Waals surface area contributed by atoms with E-state index < -0.39 is 22.0 Å². The van der Waals surface area contributed by atoms with Gasteiger partial charge in [0.15, 0.2) is 0 Å². The molecule has 8 heteroatoms. The van der Waals surface area contributed by atoms with Crippen molar-refractivity contribution in [3.8, 4) is 0 Å². The molecule has 6 aliphatic rings. The molecule has 2 spiro atoms. The quantitative estimate of drug-likeness (QED) is 0.600. The number of ether oxygens (including phenoxy) is 1.